The lowest BCUT2D eigenvalue weighted by Gasteiger charge is -2.32. The summed E-state index contributed by atoms with van der Waals surface area (Å²) in [7, 11) is 0. The fraction of sp³-hybridized carbons (Fsp3) is 0.208. The Balaban J connectivity index is 1.30. The third-order valence-electron chi connectivity index (χ3n) is 5.72. The van der Waals surface area contributed by atoms with Crippen molar-refractivity contribution in [3.8, 4) is 0 Å². The molecule has 0 fully saturated rings. The minimum atomic E-state index is -0.521. The van der Waals surface area contributed by atoms with Crippen LogP contribution < -0.4 is 5.32 Å². The van der Waals surface area contributed by atoms with E-state index >= 15 is 0 Å². The number of aromatic nitrogens is 2. The molecule has 1 aliphatic heterocycles. The van der Waals surface area contributed by atoms with Gasteiger partial charge in [0.05, 0.1) is 17.9 Å². The van der Waals surface area contributed by atoms with Gasteiger partial charge >= 0.3 is 0 Å². The van der Waals surface area contributed by atoms with Crippen LogP contribution >= 0.6 is 0 Å². The number of H-pyrrole nitrogens is 1. The second-order valence-electron chi connectivity index (χ2n) is 7.66. The van der Waals surface area contributed by atoms with Crippen molar-refractivity contribution >= 4 is 22.7 Å². The Labute approximate surface area is 179 Å². The first-order chi connectivity index (χ1) is 15.2. The van der Waals surface area contributed by atoms with Gasteiger partial charge in [-0.2, -0.15) is 0 Å². The molecule has 1 aromatic carbocycles. The van der Waals surface area contributed by atoms with Crippen molar-refractivity contribution in [2.24, 2.45) is 0 Å². The Hall–Kier alpha value is -3.87. The largest absolute Gasteiger partial charge is 0.459 e. The average Bonchev–Trinajstić information content (AvgIpc) is 3.48. The molecule has 1 atom stereocenters. The molecule has 2 amide bonds. The van der Waals surface area contributed by atoms with Gasteiger partial charge in [-0.25, -0.2) is 0 Å². The van der Waals surface area contributed by atoms with E-state index in [0.29, 0.717) is 19.5 Å². The molecule has 7 nitrogen and oxygen atoms in total. The number of pyridine rings is 1. The highest BCUT2D eigenvalue weighted by atomic mass is 16.3. The van der Waals surface area contributed by atoms with Gasteiger partial charge in [0.2, 0.25) is 5.91 Å². The number of amides is 2. The maximum absolute atomic E-state index is 13.1. The molecule has 0 spiro atoms. The van der Waals surface area contributed by atoms with Crippen LogP contribution in [-0.4, -0.2) is 39.8 Å². The van der Waals surface area contributed by atoms with E-state index in [1.165, 1.54) is 6.26 Å². The highest BCUT2D eigenvalue weighted by Crippen LogP contribution is 2.28. The van der Waals surface area contributed by atoms with Crippen LogP contribution in [0.2, 0.25) is 0 Å². The van der Waals surface area contributed by atoms with Crippen molar-refractivity contribution in [3.05, 3.63) is 89.8 Å². The average molecular weight is 414 g/mol. The summed E-state index contributed by atoms with van der Waals surface area (Å²) < 4.78 is 5.26. The molecule has 3 aromatic heterocycles. The summed E-state index contributed by atoms with van der Waals surface area (Å²) in [4.78, 5) is 35.3. The first kappa shape index (κ1) is 19.1. The molecule has 31 heavy (non-hydrogen) atoms. The molecule has 0 bridgehead atoms. The predicted octanol–water partition coefficient (Wildman–Crippen LogP) is 3.25. The second-order valence-corrected chi connectivity index (χ2v) is 7.66. The van der Waals surface area contributed by atoms with Crippen LogP contribution in [-0.2, 0) is 17.8 Å². The smallest absolute Gasteiger partial charge is 0.289 e. The molecule has 156 valence electrons. The number of benzene rings is 1. The molecule has 0 aliphatic carbocycles. The minimum absolute atomic E-state index is 0.128. The lowest BCUT2D eigenvalue weighted by Crippen LogP contribution is -2.44. The molecule has 4 heterocycles. The highest BCUT2D eigenvalue weighted by Gasteiger charge is 2.34. The summed E-state index contributed by atoms with van der Waals surface area (Å²) >= 11 is 0. The zero-order valence-electron chi connectivity index (χ0n) is 16.9. The van der Waals surface area contributed by atoms with Gasteiger partial charge < -0.3 is 19.6 Å². The van der Waals surface area contributed by atoms with Gasteiger partial charge in [0.1, 0.15) is 0 Å². The fourth-order valence-corrected chi connectivity index (χ4v) is 4.18. The zero-order valence-corrected chi connectivity index (χ0v) is 16.9. The van der Waals surface area contributed by atoms with Crippen LogP contribution in [0.4, 0.5) is 0 Å². The molecule has 7 heteroatoms. The first-order valence-corrected chi connectivity index (χ1v) is 10.3. The van der Waals surface area contributed by atoms with Gasteiger partial charge in [-0.15, -0.1) is 0 Å². The van der Waals surface area contributed by atoms with Gasteiger partial charge in [-0.05, 0) is 41.8 Å². The van der Waals surface area contributed by atoms with Crippen molar-refractivity contribution < 1.29 is 14.0 Å². The zero-order chi connectivity index (χ0) is 21.2. The number of hydrogen-bond acceptors (Lipinski definition) is 4. The van der Waals surface area contributed by atoms with Crippen LogP contribution in [0.15, 0.2) is 71.6 Å². The Morgan fingerprint density at radius 3 is 2.94 bits per heavy atom. The van der Waals surface area contributed by atoms with E-state index < -0.39 is 5.92 Å². The van der Waals surface area contributed by atoms with Crippen LogP contribution in [0.25, 0.3) is 10.9 Å². The molecular weight excluding hydrogens is 392 g/mol. The minimum Gasteiger partial charge on any atom is -0.459 e. The number of carbonyl (C=O) groups is 2. The van der Waals surface area contributed by atoms with Gasteiger partial charge in [0.25, 0.3) is 5.91 Å². The lowest BCUT2D eigenvalue weighted by atomic mass is 9.93. The quantitative estimate of drug-likeness (QED) is 0.524. The standard InChI is InChI=1S/C24H22N4O3/c29-23(26-11-9-16-13-27-20-7-2-1-6-18(16)20)19-15-28(24(30)21-8-4-12-31-21)14-17-5-3-10-25-22(17)19/h1-8,10,12-13,19,27H,9,11,14-15H2,(H,26,29). The second kappa shape index (κ2) is 8.10. The van der Waals surface area contributed by atoms with Crippen LogP contribution in [0, 0.1) is 0 Å². The van der Waals surface area contributed by atoms with E-state index in [1.807, 2.05) is 36.5 Å². The van der Waals surface area contributed by atoms with E-state index in [2.05, 4.69) is 21.4 Å². The number of hydrogen-bond donors (Lipinski definition) is 2. The molecule has 0 saturated heterocycles. The molecule has 4 aromatic rings. The molecule has 0 saturated carbocycles. The van der Waals surface area contributed by atoms with Crippen LogP contribution in [0.3, 0.4) is 0 Å². The molecule has 1 aliphatic rings. The molecule has 0 radical (unpaired) electrons. The molecule has 5 rings (SSSR count). The highest BCUT2D eigenvalue weighted by molar-refractivity contribution is 5.93. The topological polar surface area (TPSA) is 91.2 Å². The summed E-state index contributed by atoms with van der Waals surface area (Å²) in [5.74, 6) is -0.606. The fourth-order valence-electron chi connectivity index (χ4n) is 4.18. The van der Waals surface area contributed by atoms with Crippen molar-refractivity contribution in [2.45, 2.75) is 18.9 Å². The van der Waals surface area contributed by atoms with E-state index in [4.69, 9.17) is 4.42 Å². The number of rotatable bonds is 5. The summed E-state index contributed by atoms with van der Waals surface area (Å²) in [5, 5.41) is 4.20. The Morgan fingerprint density at radius 1 is 1.16 bits per heavy atom. The normalized spacial score (nSPS) is 15.6. The van der Waals surface area contributed by atoms with Crippen LogP contribution in [0.1, 0.15) is 33.3 Å². The lowest BCUT2D eigenvalue weighted by molar-refractivity contribution is -0.123. The van der Waals surface area contributed by atoms with Crippen molar-refractivity contribution in [1.29, 1.82) is 0 Å². The van der Waals surface area contributed by atoms with Gasteiger partial charge in [0.15, 0.2) is 5.76 Å². The number of furan rings is 1. The number of nitrogens with one attached hydrogen (secondary N) is 2. The number of fused-ring (bicyclic) bond motifs is 2. The molecule has 1 unspecified atom stereocenters. The monoisotopic (exact) mass is 414 g/mol. The Morgan fingerprint density at radius 2 is 2.06 bits per heavy atom. The molecular formula is C24H22N4O3. The van der Waals surface area contributed by atoms with Crippen molar-refractivity contribution in [1.82, 2.24) is 20.2 Å². The number of nitrogens with zero attached hydrogens (tertiary/aromatic N) is 2. The Kier molecular flexibility index (Phi) is 5.00. The summed E-state index contributed by atoms with van der Waals surface area (Å²) in [5.41, 5.74) is 3.86. The third kappa shape index (κ3) is 3.70. The van der Waals surface area contributed by atoms with E-state index in [1.54, 1.807) is 23.2 Å². The Bertz CT molecular complexity index is 1230. The third-order valence-corrected chi connectivity index (χ3v) is 5.72. The maximum Gasteiger partial charge on any atom is 0.289 e. The first-order valence-electron chi connectivity index (χ1n) is 10.3. The molecule has 2 N–H and O–H groups in total. The number of carbonyl (C=O) groups excluding carboxylic acids is 2. The summed E-state index contributed by atoms with van der Waals surface area (Å²) in [6.07, 6.45) is 5.86. The summed E-state index contributed by atoms with van der Waals surface area (Å²) in [6, 6.07) is 15.2. The van der Waals surface area contributed by atoms with E-state index in [-0.39, 0.29) is 24.1 Å². The predicted molar refractivity (Wildman–Crippen MR) is 115 cm³/mol. The SMILES string of the molecule is O=C(NCCc1c[nH]c2ccccc12)C1CN(C(=O)c2ccco2)Cc2cccnc21. The van der Waals surface area contributed by atoms with Gasteiger partial charge in [-0.1, -0.05) is 24.3 Å². The maximum atomic E-state index is 13.1. The van der Waals surface area contributed by atoms with Crippen molar-refractivity contribution in [3.63, 3.8) is 0 Å². The van der Waals surface area contributed by atoms with Crippen molar-refractivity contribution in [2.75, 3.05) is 13.1 Å². The van der Waals surface area contributed by atoms with Crippen LogP contribution in [0.5, 0.6) is 0 Å². The van der Waals surface area contributed by atoms with E-state index in [0.717, 1.165) is 27.7 Å². The number of para-hydroxylation sites is 1. The number of aromatic amines is 1. The van der Waals surface area contributed by atoms with E-state index in [9.17, 15) is 9.59 Å². The van der Waals surface area contributed by atoms with Gasteiger partial charge in [0, 0.05) is 42.9 Å². The van der Waals surface area contributed by atoms with Gasteiger partial charge in [-0.3, -0.25) is 14.6 Å². The summed E-state index contributed by atoms with van der Waals surface area (Å²) in [6.45, 7) is 1.18.